The van der Waals surface area contributed by atoms with Gasteiger partial charge in [-0.1, -0.05) is 27.7 Å². The molecule has 0 unspecified atom stereocenters. The Balaban J connectivity index is 0.809. The maximum Gasteiger partial charge on any atom is 0.463 e. The van der Waals surface area contributed by atoms with Crippen LogP contribution < -0.4 is 36.2 Å². The molecule has 0 amide bonds. The molecule has 0 aromatic heterocycles. The van der Waals surface area contributed by atoms with Crippen LogP contribution in [0.25, 0.3) is 0 Å². The number of methoxy groups -OCH3 is 8. The van der Waals surface area contributed by atoms with E-state index in [1.54, 1.807) is 56.9 Å². The summed E-state index contributed by atoms with van der Waals surface area (Å²) < 4.78 is 212. The van der Waals surface area contributed by atoms with Crippen LogP contribution in [0.5, 0.6) is 46.0 Å². The lowest BCUT2D eigenvalue weighted by atomic mass is 9.81. The zero-order valence-electron chi connectivity index (χ0n) is 66.2. The molecule has 32 nitrogen and oxygen atoms in total. The van der Waals surface area contributed by atoms with Gasteiger partial charge in [0.15, 0.2) is 48.3 Å². The third-order valence-corrected chi connectivity index (χ3v) is 27.1. The van der Waals surface area contributed by atoms with Crippen molar-refractivity contribution in [3.05, 3.63) is 93.0 Å². The first kappa shape index (κ1) is 80.5. The third kappa shape index (κ3) is 14.9. The molecule has 20 atom stereocenters. The minimum Gasteiger partial charge on any atom is -0.417 e. The van der Waals surface area contributed by atoms with Gasteiger partial charge in [0.2, 0.25) is 0 Å². The molecule has 8 saturated heterocycles. The molecule has 17 rings (SSSR count). The zero-order valence-corrected chi connectivity index (χ0v) is 69.7. The van der Waals surface area contributed by atoms with Crippen LogP contribution in [0.1, 0.15) is 151 Å². The van der Waals surface area contributed by atoms with Crippen molar-refractivity contribution < 1.29 is 149 Å². The molecule has 4 aromatic rings. The summed E-state index contributed by atoms with van der Waals surface area (Å²) in [7, 11) is 2.87. The van der Waals surface area contributed by atoms with Crippen molar-refractivity contribution in [3.63, 3.8) is 0 Å². The van der Waals surface area contributed by atoms with Crippen molar-refractivity contribution in [2.45, 2.75) is 253 Å². The average Bonchev–Trinajstić information content (AvgIpc) is 1.13. The fraction of sp³-hybridized carbons (Fsp3) is 0.684. The van der Waals surface area contributed by atoms with Gasteiger partial charge in [-0.05, 0) is 79.7 Å². The van der Waals surface area contributed by atoms with Crippen molar-refractivity contribution in [1.29, 1.82) is 0 Å². The predicted octanol–water partition coefficient (Wildman–Crippen LogP) is 12.3. The van der Waals surface area contributed by atoms with Crippen LogP contribution in [0, 0.1) is 0 Å². The topological polar surface area (TPSA) is 295 Å². The van der Waals surface area contributed by atoms with Crippen molar-refractivity contribution in [1.82, 2.24) is 0 Å². The molecule has 8 fully saturated rings. The highest BCUT2D eigenvalue weighted by Crippen LogP contribution is 2.63. The van der Waals surface area contributed by atoms with Crippen molar-refractivity contribution in [2.75, 3.05) is 83.3 Å². The van der Waals surface area contributed by atoms with E-state index in [9.17, 15) is 0 Å². The van der Waals surface area contributed by atoms with E-state index >= 15 is 0 Å². The SMILES string of the molecule is CO[C@H]1[C@@H](OC)[C@@H](COP2Oc3cc4c5cc3C(C)c3cc6c(cc3O2)OP(OC[C@H]2O[C@@H]3OC(C)(C)O[C@@H]3[C@@H](OC)[C@H]2OC)Oc2cc3c(cc2C6C)C(C)c2cc(c(cc2OP(OC[C@H]2O[C@@H]6OC(C)(C)O[C@@H]6[C@@H](OC)[C@H]2OC)O3)OP(OC[C@H]2O[C@@H]3OC(C)(C)O[C@@H]3[C@@H](OC)[C@H]2OC)O4)C5C)O[C@@H]2OC(C)(C)O[C@@H]21. The second-order valence-corrected chi connectivity index (χ2v) is 35.9. The number of hydrogen-bond donors (Lipinski definition) is 0. The lowest BCUT2D eigenvalue weighted by molar-refractivity contribution is -0.264. The first-order chi connectivity index (χ1) is 53.6. The predicted molar refractivity (Wildman–Crippen MR) is 394 cm³/mol. The lowest BCUT2D eigenvalue weighted by Gasteiger charge is -2.41. The normalized spacial score (nSPS) is 39.5. The Kier molecular flexibility index (Phi) is 22.5. The van der Waals surface area contributed by atoms with Crippen LogP contribution in [0.15, 0.2) is 48.5 Å². The number of hydrogen-bond acceptors (Lipinski definition) is 32. The highest BCUT2D eigenvalue weighted by molar-refractivity contribution is 7.43. The molecule has 112 heavy (non-hydrogen) atoms. The molecule has 0 N–H and O–H groups in total. The Hall–Kier alpha value is -3.96. The van der Waals surface area contributed by atoms with Gasteiger partial charge in [0.25, 0.3) is 0 Å². The fourth-order valence-electron chi connectivity index (χ4n) is 17.5. The summed E-state index contributed by atoms with van der Waals surface area (Å²) in [6.07, 6.45) is -14.2. The van der Waals surface area contributed by atoms with Gasteiger partial charge in [0.1, 0.15) is 144 Å². The molecule has 0 saturated carbocycles. The molecule has 0 radical (unpaired) electrons. The van der Waals surface area contributed by atoms with Crippen LogP contribution in [-0.4, -0.2) is 229 Å². The van der Waals surface area contributed by atoms with Crippen molar-refractivity contribution in [2.24, 2.45) is 0 Å². The molecule has 4 aromatic carbocycles. The van der Waals surface area contributed by atoms with E-state index in [1.165, 1.54) is 0 Å². The summed E-state index contributed by atoms with van der Waals surface area (Å²) in [6.45, 7) is 22.5. The monoisotopic (exact) mass is 1650 g/mol. The van der Waals surface area contributed by atoms with E-state index in [2.05, 4.69) is 52.0 Å². The van der Waals surface area contributed by atoms with Crippen LogP contribution in [0.4, 0.5) is 0 Å². The minimum atomic E-state index is -2.46. The second kappa shape index (κ2) is 31.3. The van der Waals surface area contributed by atoms with Gasteiger partial charge in [0.05, 0.1) is 26.4 Å². The van der Waals surface area contributed by atoms with Gasteiger partial charge in [-0.15, -0.1) is 0 Å². The van der Waals surface area contributed by atoms with Gasteiger partial charge in [0, 0.05) is 149 Å². The van der Waals surface area contributed by atoms with E-state index < -0.39 is 204 Å². The fourth-order valence-corrected chi connectivity index (χ4v) is 21.7. The smallest absolute Gasteiger partial charge is 0.417 e. The number of benzene rings is 4. The summed E-state index contributed by atoms with van der Waals surface area (Å²) in [5.74, 6) is -2.79. The van der Waals surface area contributed by atoms with Gasteiger partial charge >= 0.3 is 34.4 Å². The second-order valence-electron chi connectivity index (χ2n) is 31.6. The minimum absolute atomic E-state index is 0.128. The summed E-state index contributed by atoms with van der Waals surface area (Å²) in [4.78, 5) is 0. The van der Waals surface area contributed by atoms with Gasteiger partial charge in [-0.2, -0.15) is 0 Å². The van der Waals surface area contributed by atoms with Gasteiger partial charge in [-0.25, -0.2) is 0 Å². The third-order valence-electron chi connectivity index (χ3n) is 22.9. The maximum absolute atomic E-state index is 7.21. The molecule has 13 aliphatic rings. The zero-order chi connectivity index (χ0) is 78.5. The standard InChI is InChI=1S/C76H100O32P4/c1-33-37-21-39-34(2)41-23-43-36(4)44-24-42-35(3)40-22-38(33)46-26-48(40)104-111(87-31-55-59(79-15)63(83-19)67-71(91-55)99-75(9,10)95-67)106-50(42)28-52(44)108-112(88-32-56-60(80-16)64(84-20)68-72(92-56)100-76(11,12)96-68)107-51(43)27-49(41)105-110(86-30-54-58(78-14)62(82-18)66-70(90-54)98-74(7,8)94-66)103-47(39)25-45(37)101-109(102-46)85-29-53-57(77-13)61(81-17)65-69(89-53)97-73(5,6)93-65/h21-28,33-36,53-72H,29-32H2,1-20H3/t33?,34?,35?,36?,53-,54-,55-,56-,57+,58+,59+,60+,61+,62+,63+,64+,65-,66-,67-,68-,69-,70-,71-,72-,109?,110?,111?,112?/m1/s1. The summed E-state index contributed by atoms with van der Waals surface area (Å²) >= 11 is 0. The van der Waals surface area contributed by atoms with Crippen LogP contribution >= 0.6 is 34.4 Å². The molecule has 616 valence electrons. The Bertz CT molecular complexity index is 3480. The van der Waals surface area contributed by atoms with Gasteiger partial charge < -0.3 is 131 Å². The Morgan fingerprint density at radius 3 is 0.580 bits per heavy atom. The highest BCUT2D eigenvalue weighted by Gasteiger charge is 2.61. The molecular formula is C76H100O32P4. The lowest BCUT2D eigenvalue weighted by Crippen LogP contribution is -2.59. The summed E-state index contributed by atoms with van der Waals surface area (Å²) in [5.41, 5.74) is 6.12. The van der Waals surface area contributed by atoms with E-state index in [0.29, 0.717) is 46.0 Å². The average molecular weight is 1650 g/mol. The summed E-state index contributed by atoms with van der Waals surface area (Å²) in [5, 5.41) is 0. The largest absolute Gasteiger partial charge is 0.463 e. The first-order valence-corrected chi connectivity index (χ1v) is 42.1. The molecular weight excluding hydrogens is 1550 g/mol. The number of ether oxygens (including phenoxy) is 20. The molecule has 0 spiro atoms. The molecule has 8 bridgehead atoms. The highest BCUT2D eigenvalue weighted by atomic mass is 31.2. The van der Waals surface area contributed by atoms with Crippen LogP contribution in [0.3, 0.4) is 0 Å². The molecule has 12 heterocycles. The maximum atomic E-state index is 7.21. The number of fused-ring (bicyclic) bond motifs is 4. The van der Waals surface area contributed by atoms with E-state index in [-0.39, 0.29) is 26.4 Å². The molecule has 12 aliphatic heterocycles. The van der Waals surface area contributed by atoms with Gasteiger partial charge in [-0.3, -0.25) is 18.1 Å². The van der Waals surface area contributed by atoms with E-state index in [0.717, 1.165) is 44.5 Å². The first-order valence-electron chi connectivity index (χ1n) is 37.7. The van der Waals surface area contributed by atoms with E-state index in [1.807, 2.05) is 79.7 Å². The Labute approximate surface area is 655 Å². The summed E-state index contributed by atoms with van der Waals surface area (Å²) in [6, 6.07) is 15.9. The molecule has 36 heteroatoms. The van der Waals surface area contributed by atoms with E-state index in [4.69, 9.17) is 149 Å². The number of rotatable bonds is 20. The quantitative estimate of drug-likeness (QED) is 0.0742. The Morgan fingerprint density at radius 2 is 0.420 bits per heavy atom. The molecule has 1 aliphatic carbocycles. The van der Waals surface area contributed by atoms with Crippen LogP contribution in [0.2, 0.25) is 0 Å². The van der Waals surface area contributed by atoms with Crippen molar-refractivity contribution >= 4 is 34.4 Å². The Morgan fingerprint density at radius 1 is 0.250 bits per heavy atom. The van der Waals surface area contributed by atoms with Crippen LogP contribution in [-0.2, 0) is 113 Å². The van der Waals surface area contributed by atoms with Crippen molar-refractivity contribution in [3.8, 4) is 46.0 Å².